The Bertz CT molecular complexity index is 185. The molecule has 0 aliphatic carbocycles. The minimum Gasteiger partial charge on any atom is -0.547 e. The lowest BCUT2D eigenvalue weighted by Crippen LogP contribution is -2.25. The number of unbranched alkanes of at least 4 members (excludes halogenated alkanes) is 2. The van der Waals surface area contributed by atoms with Gasteiger partial charge in [-0.15, -0.1) is 0 Å². The molecule has 0 atom stereocenters. The normalized spacial score (nSPS) is 11.3. The zero-order valence-electron chi connectivity index (χ0n) is 10.7. The lowest BCUT2D eigenvalue weighted by atomic mass is 10.1. The number of rotatable bonds is 6. The molecular weight excluding hydrogens is 188 g/mol. The molecule has 84 valence electrons. The average molecular weight is 214 g/mol. The zero-order valence-corrected chi connectivity index (χ0v) is 11.7. The molecule has 1 nitrogen and oxygen atoms in total. The summed E-state index contributed by atoms with van der Waals surface area (Å²) in [5.41, 5.74) is 1.35. The molecule has 0 fully saturated rings. The summed E-state index contributed by atoms with van der Waals surface area (Å²) in [4.78, 5) is 0. The smallest absolute Gasteiger partial charge is 0.241 e. The van der Waals surface area contributed by atoms with E-state index in [4.69, 9.17) is 4.43 Å². The fraction of sp³-hybridized carbons (Fsp3) is 0.833. The first-order valence-electron chi connectivity index (χ1n) is 5.72. The molecule has 0 spiro atoms. The molecule has 0 unspecified atom stereocenters. The van der Waals surface area contributed by atoms with E-state index < -0.39 is 8.32 Å². The van der Waals surface area contributed by atoms with Crippen molar-refractivity contribution in [2.45, 2.75) is 66.1 Å². The van der Waals surface area contributed by atoms with Gasteiger partial charge in [-0.3, -0.25) is 0 Å². The summed E-state index contributed by atoms with van der Waals surface area (Å²) >= 11 is 0. The summed E-state index contributed by atoms with van der Waals surface area (Å²) in [5, 5.41) is 0. The van der Waals surface area contributed by atoms with Gasteiger partial charge in [0.1, 0.15) is 0 Å². The van der Waals surface area contributed by atoms with Crippen LogP contribution in [0, 0.1) is 0 Å². The molecule has 0 aromatic rings. The van der Waals surface area contributed by atoms with Gasteiger partial charge >= 0.3 is 0 Å². The molecule has 0 aromatic carbocycles. The van der Waals surface area contributed by atoms with E-state index in [0.717, 1.165) is 6.42 Å². The second-order valence-electron chi connectivity index (χ2n) is 5.09. The van der Waals surface area contributed by atoms with Crippen molar-refractivity contribution in [3.05, 3.63) is 11.3 Å². The highest BCUT2D eigenvalue weighted by Gasteiger charge is 2.17. The van der Waals surface area contributed by atoms with Crippen molar-refractivity contribution >= 4 is 8.32 Å². The maximum Gasteiger partial charge on any atom is 0.241 e. The zero-order chi connectivity index (χ0) is 11.2. The van der Waals surface area contributed by atoms with Crippen molar-refractivity contribution in [3.8, 4) is 0 Å². The standard InChI is InChI=1S/C12H26OSi/c1-7-8-9-10-12(11(2)3)13-14(4,5)6/h7-10H2,1-6H3. The van der Waals surface area contributed by atoms with Crippen LogP contribution in [-0.2, 0) is 4.43 Å². The number of hydrogen-bond acceptors (Lipinski definition) is 1. The second kappa shape index (κ2) is 6.28. The summed E-state index contributed by atoms with van der Waals surface area (Å²) in [5.74, 6) is 1.25. The van der Waals surface area contributed by atoms with Gasteiger partial charge in [0.15, 0.2) is 0 Å². The molecule has 0 aliphatic heterocycles. The molecule has 0 radical (unpaired) electrons. The molecular formula is C12H26OSi. The van der Waals surface area contributed by atoms with Gasteiger partial charge in [-0.25, -0.2) is 0 Å². The minimum absolute atomic E-state index is 1.13. The van der Waals surface area contributed by atoms with Gasteiger partial charge < -0.3 is 4.43 Å². The monoisotopic (exact) mass is 214 g/mol. The molecule has 0 heterocycles. The van der Waals surface area contributed by atoms with E-state index in [2.05, 4.69) is 40.4 Å². The summed E-state index contributed by atoms with van der Waals surface area (Å²) in [6.07, 6.45) is 4.98. The number of allylic oxidation sites excluding steroid dienone is 2. The van der Waals surface area contributed by atoms with Crippen LogP contribution in [0.5, 0.6) is 0 Å². The lowest BCUT2D eigenvalue weighted by molar-refractivity contribution is 0.386. The van der Waals surface area contributed by atoms with Crippen LogP contribution in [0.25, 0.3) is 0 Å². The van der Waals surface area contributed by atoms with Gasteiger partial charge in [0, 0.05) is 6.42 Å². The molecule has 0 aliphatic rings. The van der Waals surface area contributed by atoms with Crippen LogP contribution >= 0.6 is 0 Å². The Balaban J connectivity index is 4.13. The first-order valence-corrected chi connectivity index (χ1v) is 9.13. The maximum absolute atomic E-state index is 6.06. The fourth-order valence-corrected chi connectivity index (χ4v) is 2.35. The minimum atomic E-state index is -1.40. The number of hydrogen-bond donors (Lipinski definition) is 0. The first-order chi connectivity index (χ1) is 6.37. The van der Waals surface area contributed by atoms with Gasteiger partial charge in [-0.2, -0.15) is 0 Å². The maximum atomic E-state index is 6.06. The summed E-state index contributed by atoms with van der Waals surface area (Å²) < 4.78 is 6.06. The molecule has 0 N–H and O–H groups in total. The van der Waals surface area contributed by atoms with E-state index in [0.29, 0.717) is 0 Å². The SMILES string of the molecule is CCCCCC(O[Si](C)(C)C)=C(C)C. The average Bonchev–Trinajstić information content (AvgIpc) is 2.00. The van der Waals surface area contributed by atoms with Crippen molar-refractivity contribution in [1.82, 2.24) is 0 Å². The molecule has 2 heteroatoms. The molecule has 0 rings (SSSR count). The van der Waals surface area contributed by atoms with Gasteiger partial charge in [-0.1, -0.05) is 19.8 Å². The fourth-order valence-electron chi connectivity index (χ4n) is 1.31. The van der Waals surface area contributed by atoms with Gasteiger partial charge in [0.25, 0.3) is 0 Å². The molecule has 0 amide bonds. The van der Waals surface area contributed by atoms with Crippen LogP contribution in [0.15, 0.2) is 11.3 Å². The molecule has 0 saturated carbocycles. The van der Waals surface area contributed by atoms with Crippen LogP contribution in [0.3, 0.4) is 0 Å². The Morgan fingerprint density at radius 3 is 2.00 bits per heavy atom. The predicted molar refractivity (Wildman–Crippen MR) is 66.9 cm³/mol. The highest BCUT2D eigenvalue weighted by molar-refractivity contribution is 6.70. The van der Waals surface area contributed by atoms with Gasteiger partial charge in [0.2, 0.25) is 8.32 Å². The Kier molecular flexibility index (Phi) is 6.17. The Morgan fingerprint density at radius 2 is 1.64 bits per heavy atom. The Morgan fingerprint density at radius 1 is 1.07 bits per heavy atom. The van der Waals surface area contributed by atoms with E-state index >= 15 is 0 Å². The summed E-state index contributed by atoms with van der Waals surface area (Å²) in [6.45, 7) is 13.3. The first kappa shape index (κ1) is 13.8. The second-order valence-corrected chi connectivity index (χ2v) is 9.52. The van der Waals surface area contributed by atoms with E-state index in [1.807, 2.05) is 0 Å². The Labute approximate surface area is 90.7 Å². The van der Waals surface area contributed by atoms with E-state index in [9.17, 15) is 0 Å². The molecule has 0 bridgehead atoms. The van der Waals surface area contributed by atoms with E-state index in [-0.39, 0.29) is 0 Å². The van der Waals surface area contributed by atoms with Crippen LogP contribution in [-0.4, -0.2) is 8.32 Å². The van der Waals surface area contributed by atoms with Crippen LogP contribution in [0.1, 0.15) is 46.5 Å². The van der Waals surface area contributed by atoms with Crippen molar-refractivity contribution < 1.29 is 4.43 Å². The van der Waals surface area contributed by atoms with Crippen molar-refractivity contribution in [1.29, 1.82) is 0 Å². The highest BCUT2D eigenvalue weighted by Crippen LogP contribution is 2.19. The lowest BCUT2D eigenvalue weighted by Gasteiger charge is -2.23. The largest absolute Gasteiger partial charge is 0.547 e. The third-order valence-corrected chi connectivity index (χ3v) is 2.85. The van der Waals surface area contributed by atoms with E-state index in [1.165, 1.54) is 30.6 Å². The van der Waals surface area contributed by atoms with Crippen LogP contribution in [0.2, 0.25) is 19.6 Å². The van der Waals surface area contributed by atoms with Crippen molar-refractivity contribution in [3.63, 3.8) is 0 Å². The summed E-state index contributed by atoms with van der Waals surface area (Å²) in [6, 6.07) is 0. The van der Waals surface area contributed by atoms with Gasteiger partial charge in [0.05, 0.1) is 5.76 Å². The third-order valence-electron chi connectivity index (χ3n) is 1.99. The quantitative estimate of drug-likeness (QED) is 0.353. The molecule has 0 saturated heterocycles. The van der Waals surface area contributed by atoms with Crippen molar-refractivity contribution in [2.75, 3.05) is 0 Å². The molecule has 0 aromatic heterocycles. The van der Waals surface area contributed by atoms with Crippen LogP contribution < -0.4 is 0 Å². The van der Waals surface area contributed by atoms with Crippen molar-refractivity contribution in [2.24, 2.45) is 0 Å². The Hall–Kier alpha value is -0.243. The van der Waals surface area contributed by atoms with Crippen LogP contribution in [0.4, 0.5) is 0 Å². The third kappa shape index (κ3) is 7.19. The highest BCUT2D eigenvalue weighted by atomic mass is 28.4. The topological polar surface area (TPSA) is 9.23 Å². The molecule has 14 heavy (non-hydrogen) atoms. The van der Waals surface area contributed by atoms with Gasteiger partial charge in [-0.05, 0) is 45.5 Å². The predicted octanol–water partition coefficient (Wildman–Crippen LogP) is 4.71. The summed E-state index contributed by atoms with van der Waals surface area (Å²) in [7, 11) is -1.40. The van der Waals surface area contributed by atoms with E-state index in [1.54, 1.807) is 0 Å².